The standard InChI is InChI=1S/C22H20ClN3O5S/c1-14-6-9-19(13-20(14)32(29,30)26-17-10-7-16(23)8-11-17)25-22(28)24-18-5-3-4-15(12-18)21(27)31-2/h3-13,26H,1-2H3,(H2,24,25,28). The van der Waals surface area contributed by atoms with Crippen molar-refractivity contribution in [3.8, 4) is 0 Å². The van der Waals surface area contributed by atoms with E-state index in [2.05, 4.69) is 20.1 Å². The van der Waals surface area contributed by atoms with Crippen LogP contribution < -0.4 is 15.4 Å². The predicted octanol–water partition coefficient (Wildman–Crippen LogP) is 4.88. The van der Waals surface area contributed by atoms with Gasteiger partial charge in [0, 0.05) is 22.1 Å². The maximum atomic E-state index is 12.8. The van der Waals surface area contributed by atoms with E-state index < -0.39 is 22.0 Å². The van der Waals surface area contributed by atoms with Crippen molar-refractivity contribution in [2.24, 2.45) is 0 Å². The smallest absolute Gasteiger partial charge is 0.337 e. The van der Waals surface area contributed by atoms with Crippen molar-refractivity contribution in [3.05, 3.63) is 82.9 Å². The van der Waals surface area contributed by atoms with E-state index >= 15 is 0 Å². The van der Waals surface area contributed by atoms with Crippen LogP contribution in [0.15, 0.2) is 71.6 Å². The minimum Gasteiger partial charge on any atom is -0.465 e. The van der Waals surface area contributed by atoms with Crippen molar-refractivity contribution >= 4 is 50.7 Å². The summed E-state index contributed by atoms with van der Waals surface area (Å²) >= 11 is 5.84. The molecule has 10 heteroatoms. The molecule has 0 saturated carbocycles. The van der Waals surface area contributed by atoms with Gasteiger partial charge in [-0.1, -0.05) is 23.7 Å². The molecule has 0 bridgehead atoms. The average Bonchev–Trinajstić information content (AvgIpc) is 2.76. The topological polar surface area (TPSA) is 114 Å². The van der Waals surface area contributed by atoms with E-state index in [0.29, 0.717) is 22.0 Å². The van der Waals surface area contributed by atoms with Crippen molar-refractivity contribution < 1.29 is 22.7 Å². The Morgan fingerprint density at radius 3 is 2.16 bits per heavy atom. The highest BCUT2D eigenvalue weighted by atomic mass is 35.5. The Balaban J connectivity index is 1.76. The summed E-state index contributed by atoms with van der Waals surface area (Å²) in [6.07, 6.45) is 0. The molecule has 0 aliphatic rings. The molecular formula is C22H20ClN3O5S. The third-order valence-electron chi connectivity index (χ3n) is 4.37. The van der Waals surface area contributed by atoms with Gasteiger partial charge in [-0.3, -0.25) is 4.72 Å². The lowest BCUT2D eigenvalue weighted by molar-refractivity contribution is 0.0600. The second kappa shape index (κ2) is 9.71. The van der Waals surface area contributed by atoms with Crippen molar-refractivity contribution in [2.75, 3.05) is 22.5 Å². The largest absolute Gasteiger partial charge is 0.465 e. The molecule has 8 nitrogen and oxygen atoms in total. The summed E-state index contributed by atoms with van der Waals surface area (Å²) in [5.41, 5.74) is 1.78. The summed E-state index contributed by atoms with van der Waals surface area (Å²) in [4.78, 5) is 24.0. The summed E-state index contributed by atoms with van der Waals surface area (Å²) in [6, 6.07) is 16.4. The Bertz CT molecular complexity index is 1260. The van der Waals surface area contributed by atoms with E-state index in [1.807, 2.05) is 0 Å². The van der Waals surface area contributed by atoms with Crippen LogP contribution in [0, 0.1) is 6.92 Å². The van der Waals surface area contributed by atoms with Gasteiger partial charge in [0.25, 0.3) is 10.0 Å². The number of rotatable bonds is 6. The number of amides is 2. The molecule has 32 heavy (non-hydrogen) atoms. The molecule has 3 aromatic carbocycles. The fourth-order valence-electron chi connectivity index (χ4n) is 2.83. The highest BCUT2D eigenvalue weighted by Crippen LogP contribution is 2.24. The van der Waals surface area contributed by atoms with Gasteiger partial charge in [-0.2, -0.15) is 0 Å². The first kappa shape index (κ1) is 23.1. The summed E-state index contributed by atoms with van der Waals surface area (Å²) in [5, 5.41) is 5.67. The number of carbonyl (C=O) groups excluding carboxylic acids is 2. The first-order chi connectivity index (χ1) is 15.2. The summed E-state index contributed by atoms with van der Waals surface area (Å²) in [6.45, 7) is 1.65. The lowest BCUT2D eigenvalue weighted by Crippen LogP contribution is -2.20. The minimum atomic E-state index is -3.91. The Morgan fingerprint density at radius 2 is 1.50 bits per heavy atom. The van der Waals surface area contributed by atoms with Crippen LogP contribution in [-0.4, -0.2) is 27.5 Å². The van der Waals surface area contributed by atoms with E-state index in [9.17, 15) is 18.0 Å². The molecular weight excluding hydrogens is 454 g/mol. The number of methoxy groups -OCH3 is 1. The molecule has 2 amide bonds. The van der Waals surface area contributed by atoms with Gasteiger partial charge in [-0.25, -0.2) is 18.0 Å². The van der Waals surface area contributed by atoms with Crippen LogP contribution in [-0.2, 0) is 14.8 Å². The Labute approximate surface area is 190 Å². The third-order valence-corrected chi connectivity index (χ3v) is 6.15. The number of aryl methyl sites for hydroxylation is 1. The van der Waals surface area contributed by atoms with Gasteiger partial charge in [0.15, 0.2) is 0 Å². The van der Waals surface area contributed by atoms with E-state index in [1.54, 1.807) is 61.5 Å². The van der Waals surface area contributed by atoms with Gasteiger partial charge in [-0.15, -0.1) is 0 Å². The normalized spacial score (nSPS) is 10.8. The monoisotopic (exact) mass is 473 g/mol. The molecule has 3 aromatic rings. The van der Waals surface area contributed by atoms with E-state index in [4.69, 9.17) is 11.6 Å². The number of urea groups is 1. The molecule has 0 saturated heterocycles. The maximum Gasteiger partial charge on any atom is 0.337 e. The van der Waals surface area contributed by atoms with Gasteiger partial charge in [0.1, 0.15) is 0 Å². The minimum absolute atomic E-state index is 0.0120. The Kier molecular flexibility index (Phi) is 7.01. The van der Waals surface area contributed by atoms with Crippen molar-refractivity contribution in [3.63, 3.8) is 0 Å². The lowest BCUT2D eigenvalue weighted by Gasteiger charge is -2.13. The molecule has 3 rings (SSSR count). The van der Waals surface area contributed by atoms with Gasteiger partial charge < -0.3 is 15.4 Å². The fourth-order valence-corrected chi connectivity index (χ4v) is 4.29. The lowest BCUT2D eigenvalue weighted by atomic mass is 10.2. The number of nitrogens with one attached hydrogen (secondary N) is 3. The molecule has 0 unspecified atom stereocenters. The first-order valence-electron chi connectivity index (χ1n) is 9.33. The highest BCUT2D eigenvalue weighted by molar-refractivity contribution is 7.92. The first-order valence-corrected chi connectivity index (χ1v) is 11.2. The quantitative estimate of drug-likeness (QED) is 0.441. The molecule has 0 aliphatic heterocycles. The highest BCUT2D eigenvalue weighted by Gasteiger charge is 2.18. The number of anilines is 3. The summed E-state index contributed by atoms with van der Waals surface area (Å²) < 4.78 is 32.8. The van der Waals surface area contributed by atoms with Crippen LogP contribution in [0.25, 0.3) is 0 Å². The van der Waals surface area contributed by atoms with Gasteiger partial charge in [-0.05, 0) is 67.1 Å². The zero-order valence-electron chi connectivity index (χ0n) is 17.2. The van der Waals surface area contributed by atoms with Crippen LogP contribution in [0.1, 0.15) is 15.9 Å². The molecule has 0 aliphatic carbocycles. The SMILES string of the molecule is COC(=O)c1cccc(NC(=O)Nc2ccc(C)c(S(=O)(=O)Nc3ccc(Cl)cc3)c2)c1. The number of benzene rings is 3. The third kappa shape index (κ3) is 5.77. The number of sulfonamides is 1. The van der Waals surface area contributed by atoms with E-state index in [0.717, 1.165) is 0 Å². The zero-order valence-corrected chi connectivity index (χ0v) is 18.8. The molecule has 3 N–H and O–H groups in total. The molecule has 0 atom stereocenters. The summed E-state index contributed by atoms with van der Waals surface area (Å²) in [5.74, 6) is -0.532. The van der Waals surface area contributed by atoms with Crippen LogP contribution in [0.5, 0.6) is 0 Å². The second-order valence-electron chi connectivity index (χ2n) is 6.74. The number of ether oxygens (including phenoxy) is 1. The molecule has 0 fully saturated rings. The Morgan fingerprint density at radius 1 is 0.875 bits per heavy atom. The molecule has 166 valence electrons. The van der Waals surface area contributed by atoms with Crippen LogP contribution in [0.2, 0.25) is 5.02 Å². The number of carbonyl (C=O) groups is 2. The fraction of sp³-hybridized carbons (Fsp3) is 0.0909. The summed E-state index contributed by atoms with van der Waals surface area (Å²) in [7, 11) is -2.64. The van der Waals surface area contributed by atoms with E-state index in [1.165, 1.54) is 19.2 Å². The molecule has 0 heterocycles. The van der Waals surface area contributed by atoms with Crippen molar-refractivity contribution in [1.29, 1.82) is 0 Å². The predicted molar refractivity (Wildman–Crippen MR) is 124 cm³/mol. The average molecular weight is 474 g/mol. The number of halogens is 1. The van der Waals surface area contributed by atoms with E-state index in [-0.39, 0.29) is 16.1 Å². The van der Waals surface area contributed by atoms with Crippen LogP contribution >= 0.6 is 11.6 Å². The van der Waals surface area contributed by atoms with Gasteiger partial charge in [0.2, 0.25) is 0 Å². The Hall–Kier alpha value is -3.56. The van der Waals surface area contributed by atoms with Crippen LogP contribution in [0.3, 0.4) is 0 Å². The molecule has 0 aromatic heterocycles. The second-order valence-corrected chi connectivity index (χ2v) is 8.83. The van der Waals surface area contributed by atoms with Crippen molar-refractivity contribution in [1.82, 2.24) is 0 Å². The molecule has 0 radical (unpaired) electrons. The number of hydrogen-bond acceptors (Lipinski definition) is 5. The van der Waals surface area contributed by atoms with Crippen molar-refractivity contribution in [2.45, 2.75) is 11.8 Å². The van der Waals surface area contributed by atoms with Crippen LogP contribution in [0.4, 0.5) is 21.9 Å². The molecule has 0 spiro atoms. The number of esters is 1. The zero-order chi connectivity index (χ0) is 23.3. The maximum absolute atomic E-state index is 12.8. The van der Waals surface area contributed by atoms with Gasteiger partial charge in [0.05, 0.1) is 17.6 Å². The number of hydrogen-bond donors (Lipinski definition) is 3. The van der Waals surface area contributed by atoms with Gasteiger partial charge >= 0.3 is 12.0 Å².